The van der Waals surface area contributed by atoms with E-state index in [0.717, 1.165) is 61.0 Å². The second-order valence-corrected chi connectivity index (χ2v) is 5.32. The van der Waals surface area contributed by atoms with E-state index in [0.29, 0.717) is 6.54 Å². The topological polar surface area (TPSA) is 58.8 Å². The van der Waals surface area contributed by atoms with Crippen LogP contribution in [0.2, 0.25) is 0 Å². The number of furan rings is 1. The van der Waals surface area contributed by atoms with Gasteiger partial charge in [0.2, 0.25) is 0 Å². The fourth-order valence-electron chi connectivity index (χ4n) is 2.39. The maximum atomic E-state index is 5.90. The van der Waals surface area contributed by atoms with Crippen molar-refractivity contribution in [1.82, 2.24) is 10.6 Å². The van der Waals surface area contributed by atoms with Crippen LogP contribution >= 0.6 is 0 Å². The highest BCUT2D eigenvalue weighted by Crippen LogP contribution is 2.25. The molecule has 0 aliphatic carbocycles. The van der Waals surface area contributed by atoms with E-state index in [1.54, 1.807) is 0 Å². The molecule has 0 radical (unpaired) electrons. The molecule has 0 saturated heterocycles. The van der Waals surface area contributed by atoms with Crippen LogP contribution in [0.15, 0.2) is 33.7 Å². The van der Waals surface area contributed by atoms with Crippen molar-refractivity contribution >= 4 is 16.9 Å². The van der Waals surface area contributed by atoms with Crippen molar-refractivity contribution in [3.8, 4) is 0 Å². The molecule has 0 spiro atoms. The molecule has 2 aromatic rings. The van der Waals surface area contributed by atoms with Crippen molar-refractivity contribution in [1.29, 1.82) is 0 Å². The van der Waals surface area contributed by atoms with Crippen molar-refractivity contribution < 1.29 is 9.15 Å². The molecule has 0 bridgehead atoms. The minimum Gasteiger partial charge on any atom is -0.459 e. The summed E-state index contributed by atoms with van der Waals surface area (Å²) in [6, 6.07) is 8.09. The monoisotopic (exact) mass is 317 g/mol. The number of hydrogen-bond acceptors (Lipinski definition) is 3. The molecule has 0 atom stereocenters. The largest absolute Gasteiger partial charge is 0.459 e. The summed E-state index contributed by atoms with van der Waals surface area (Å²) in [6.45, 7) is 9.88. The van der Waals surface area contributed by atoms with Crippen LogP contribution < -0.4 is 10.6 Å². The van der Waals surface area contributed by atoms with Crippen LogP contribution in [0, 0.1) is 6.92 Å². The highest BCUT2D eigenvalue weighted by Gasteiger charge is 2.09. The Balaban J connectivity index is 1.96. The van der Waals surface area contributed by atoms with Gasteiger partial charge in [-0.25, -0.2) is 4.99 Å². The summed E-state index contributed by atoms with van der Waals surface area (Å²) >= 11 is 0. The lowest BCUT2D eigenvalue weighted by atomic mass is 10.1. The predicted molar refractivity (Wildman–Crippen MR) is 94.9 cm³/mol. The third kappa shape index (κ3) is 4.99. The molecule has 0 unspecified atom stereocenters. The number of benzene rings is 1. The van der Waals surface area contributed by atoms with Gasteiger partial charge in [-0.05, 0) is 33.3 Å². The van der Waals surface area contributed by atoms with Crippen molar-refractivity contribution in [2.75, 3.05) is 26.3 Å². The summed E-state index contributed by atoms with van der Waals surface area (Å²) in [5.74, 6) is 1.72. The van der Waals surface area contributed by atoms with Crippen LogP contribution in [0.3, 0.4) is 0 Å². The highest BCUT2D eigenvalue weighted by molar-refractivity contribution is 5.82. The molecule has 0 amide bonds. The molecule has 23 heavy (non-hydrogen) atoms. The van der Waals surface area contributed by atoms with Gasteiger partial charge in [0.05, 0.1) is 0 Å². The van der Waals surface area contributed by atoms with Gasteiger partial charge in [-0.3, -0.25) is 0 Å². The van der Waals surface area contributed by atoms with E-state index in [-0.39, 0.29) is 0 Å². The van der Waals surface area contributed by atoms with E-state index in [4.69, 9.17) is 9.15 Å². The molecule has 1 heterocycles. The number of aliphatic imine (C=N–C) groups is 1. The zero-order chi connectivity index (χ0) is 16.5. The highest BCUT2D eigenvalue weighted by atomic mass is 16.5. The third-order valence-corrected chi connectivity index (χ3v) is 3.63. The molecule has 126 valence electrons. The van der Waals surface area contributed by atoms with E-state index < -0.39 is 0 Å². The van der Waals surface area contributed by atoms with E-state index in [1.165, 1.54) is 0 Å². The number of fused-ring (bicyclic) bond motifs is 1. The lowest BCUT2D eigenvalue weighted by molar-refractivity contribution is 0.145. The Hall–Kier alpha value is -2.01. The summed E-state index contributed by atoms with van der Waals surface area (Å²) in [4.78, 5) is 4.62. The van der Waals surface area contributed by atoms with Gasteiger partial charge >= 0.3 is 0 Å². The summed E-state index contributed by atoms with van der Waals surface area (Å²) < 4.78 is 11.2. The number of guanidine groups is 1. The molecule has 1 aromatic carbocycles. The van der Waals surface area contributed by atoms with Crippen LogP contribution in [0.5, 0.6) is 0 Å². The molecular weight excluding hydrogens is 290 g/mol. The van der Waals surface area contributed by atoms with E-state index in [9.17, 15) is 0 Å². The maximum absolute atomic E-state index is 5.90. The normalized spacial score (nSPS) is 11.9. The third-order valence-electron chi connectivity index (χ3n) is 3.63. The first kappa shape index (κ1) is 17.3. The number of para-hydroxylation sites is 1. The van der Waals surface area contributed by atoms with Gasteiger partial charge in [0, 0.05) is 37.3 Å². The fraction of sp³-hybridized carbons (Fsp3) is 0.500. The Morgan fingerprint density at radius 1 is 1.22 bits per heavy atom. The van der Waals surface area contributed by atoms with Crippen molar-refractivity contribution in [2.45, 2.75) is 33.7 Å². The first-order valence-corrected chi connectivity index (χ1v) is 8.33. The number of hydrogen-bond donors (Lipinski definition) is 2. The second kappa shape index (κ2) is 9.20. The number of aryl methyl sites for hydroxylation is 1. The number of nitrogens with zero attached hydrogens (tertiary/aromatic N) is 1. The van der Waals surface area contributed by atoms with Crippen LogP contribution in [-0.4, -0.2) is 32.3 Å². The summed E-state index contributed by atoms with van der Waals surface area (Å²) in [7, 11) is 0. The quantitative estimate of drug-likeness (QED) is 0.446. The van der Waals surface area contributed by atoms with Gasteiger partial charge in [-0.1, -0.05) is 18.2 Å². The predicted octanol–water partition coefficient (Wildman–Crippen LogP) is 3.22. The van der Waals surface area contributed by atoms with E-state index in [1.807, 2.05) is 25.1 Å². The van der Waals surface area contributed by atoms with Gasteiger partial charge in [0.1, 0.15) is 17.9 Å². The average molecular weight is 317 g/mol. The zero-order valence-electron chi connectivity index (χ0n) is 14.3. The number of ether oxygens (including phenoxy) is 1. The van der Waals surface area contributed by atoms with Crippen LogP contribution in [0.4, 0.5) is 0 Å². The smallest absolute Gasteiger partial charge is 0.191 e. The number of nitrogens with one attached hydrogen (secondary N) is 2. The van der Waals surface area contributed by atoms with Crippen LogP contribution in [0.1, 0.15) is 31.6 Å². The molecule has 1 aromatic heterocycles. The molecule has 2 N–H and O–H groups in total. The van der Waals surface area contributed by atoms with Crippen LogP contribution in [0.25, 0.3) is 11.0 Å². The van der Waals surface area contributed by atoms with Gasteiger partial charge in [-0.2, -0.15) is 0 Å². The van der Waals surface area contributed by atoms with Gasteiger partial charge in [0.15, 0.2) is 5.96 Å². The Kier molecular flexibility index (Phi) is 6.94. The Morgan fingerprint density at radius 2 is 2.04 bits per heavy atom. The SMILES string of the molecule is CCNC(=NCc1oc2ccccc2c1C)NCCCOCC. The first-order chi connectivity index (χ1) is 11.3. The van der Waals surface area contributed by atoms with Crippen molar-refractivity contribution in [2.24, 2.45) is 4.99 Å². The summed E-state index contributed by atoms with van der Waals surface area (Å²) in [5, 5.41) is 7.73. The average Bonchev–Trinajstić information content (AvgIpc) is 2.89. The van der Waals surface area contributed by atoms with Gasteiger partial charge < -0.3 is 19.8 Å². The van der Waals surface area contributed by atoms with Crippen molar-refractivity contribution in [3.05, 3.63) is 35.6 Å². The molecule has 2 rings (SSSR count). The first-order valence-electron chi connectivity index (χ1n) is 8.33. The molecular formula is C18H27N3O2. The molecule has 0 saturated carbocycles. The Labute approximate surface area is 138 Å². The Bertz CT molecular complexity index is 634. The maximum Gasteiger partial charge on any atom is 0.191 e. The lowest BCUT2D eigenvalue weighted by Crippen LogP contribution is -2.38. The van der Waals surface area contributed by atoms with Crippen molar-refractivity contribution in [3.63, 3.8) is 0 Å². The minimum absolute atomic E-state index is 0.529. The molecule has 0 aliphatic rings. The van der Waals surface area contributed by atoms with Gasteiger partial charge in [0.25, 0.3) is 0 Å². The van der Waals surface area contributed by atoms with Crippen LogP contribution in [-0.2, 0) is 11.3 Å². The van der Waals surface area contributed by atoms with Gasteiger partial charge in [-0.15, -0.1) is 0 Å². The standard InChI is InChI=1S/C18H27N3O2/c1-4-19-18(20-11-8-12-22-5-2)21-13-17-14(3)15-9-6-7-10-16(15)23-17/h6-7,9-10H,4-5,8,11-13H2,1-3H3,(H2,19,20,21). The zero-order valence-corrected chi connectivity index (χ0v) is 14.3. The minimum atomic E-state index is 0.529. The fourth-order valence-corrected chi connectivity index (χ4v) is 2.39. The van der Waals surface area contributed by atoms with E-state index in [2.05, 4.69) is 35.5 Å². The molecule has 5 heteroatoms. The molecule has 0 aliphatic heterocycles. The lowest BCUT2D eigenvalue weighted by Gasteiger charge is -2.11. The number of rotatable bonds is 8. The summed E-state index contributed by atoms with van der Waals surface area (Å²) in [6.07, 6.45) is 0.960. The summed E-state index contributed by atoms with van der Waals surface area (Å²) in [5.41, 5.74) is 2.08. The van der Waals surface area contributed by atoms with E-state index >= 15 is 0 Å². The Morgan fingerprint density at radius 3 is 2.78 bits per heavy atom. The second-order valence-electron chi connectivity index (χ2n) is 5.32. The molecule has 0 fully saturated rings. The molecule has 5 nitrogen and oxygen atoms in total.